The van der Waals surface area contributed by atoms with Crippen LogP contribution in [0.5, 0.6) is 0 Å². The molecule has 26 heavy (non-hydrogen) atoms. The van der Waals surface area contributed by atoms with Gasteiger partial charge in [0.25, 0.3) is 0 Å². The molecule has 1 aromatic carbocycles. The lowest BCUT2D eigenvalue weighted by Crippen LogP contribution is -2.40. The van der Waals surface area contributed by atoms with E-state index in [1.54, 1.807) is 0 Å². The van der Waals surface area contributed by atoms with Crippen LogP contribution in [0.15, 0.2) is 54.6 Å². The first-order valence-electron chi connectivity index (χ1n) is 9.90. The molecule has 3 heteroatoms. The van der Waals surface area contributed by atoms with E-state index >= 15 is 0 Å². The standard InChI is InChI=1S/C23H38O2Si/c1-23(2,3)26(4,5)25-20-16-11-9-7-6-8-10-15-19-24-21-22-17-13-12-14-18-22/h6-8,10,12-14,17-18H,9,11,15-16,19-21H2,1-5H3/b7-6+,10-8+. The predicted octanol–water partition coefficient (Wildman–Crippen LogP) is 6.90. The van der Waals surface area contributed by atoms with Crippen LogP contribution in [0.2, 0.25) is 18.1 Å². The minimum atomic E-state index is -1.57. The molecule has 1 rings (SSSR count). The first-order valence-corrected chi connectivity index (χ1v) is 12.8. The lowest BCUT2D eigenvalue weighted by Gasteiger charge is -2.36. The Hall–Kier alpha value is -1.16. The highest BCUT2D eigenvalue weighted by atomic mass is 28.4. The van der Waals surface area contributed by atoms with Gasteiger partial charge in [0.05, 0.1) is 13.2 Å². The molecule has 2 nitrogen and oxygen atoms in total. The van der Waals surface area contributed by atoms with Gasteiger partial charge in [0.15, 0.2) is 8.32 Å². The van der Waals surface area contributed by atoms with Gasteiger partial charge in [0.2, 0.25) is 0 Å². The molecule has 0 bridgehead atoms. The van der Waals surface area contributed by atoms with Gasteiger partial charge in [-0.15, -0.1) is 0 Å². The molecule has 0 radical (unpaired) electrons. The van der Waals surface area contributed by atoms with Gasteiger partial charge in [-0.05, 0) is 49.4 Å². The maximum absolute atomic E-state index is 6.20. The van der Waals surface area contributed by atoms with Crippen molar-refractivity contribution >= 4 is 8.32 Å². The van der Waals surface area contributed by atoms with E-state index in [1.807, 2.05) is 18.2 Å². The molecule has 0 aliphatic heterocycles. The molecule has 0 atom stereocenters. The fraction of sp³-hybridized carbons (Fsp3) is 0.565. The Balaban J connectivity index is 1.98. The molecule has 0 saturated heterocycles. The van der Waals surface area contributed by atoms with Crippen LogP contribution in [0.1, 0.15) is 52.0 Å². The monoisotopic (exact) mass is 374 g/mol. The number of hydrogen-bond donors (Lipinski definition) is 0. The number of benzene rings is 1. The summed E-state index contributed by atoms with van der Waals surface area (Å²) in [6.45, 7) is 13.9. The molecule has 0 amide bonds. The summed E-state index contributed by atoms with van der Waals surface area (Å²) in [6, 6.07) is 10.3. The van der Waals surface area contributed by atoms with E-state index in [0.29, 0.717) is 11.6 Å². The highest BCUT2D eigenvalue weighted by Crippen LogP contribution is 2.36. The summed E-state index contributed by atoms with van der Waals surface area (Å²) < 4.78 is 11.9. The molecular weight excluding hydrogens is 336 g/mol. The summed E-state index contributed by atoms with van der Waals surface area (Å²) in [5, 5.41) is 0.308. The van der Waals surface area contributed by atoms with Crippen LogP contribution in [0.4, 0.5) is 0 Å². The van der Waals surface area contributed by atoms with E-state index in [9.17, 15) is 0 Å². The lowest BCUT2D eigenvalue weighted by atomic mass is 10.2. The fourth-order valence-electron chi connectivity index (χ4n) is 2.17. The van der Waals surface area contributed by atoms with Crippen molar-refractivity contribution in [3.63, 3.8) is 0 Å². The average Bonchev–Trinajstić information content (AvgIpc) is 2.59. The zero-order valence-electron chi connectivity index (χ0n) is 17.5. The average molecular weight is 375 g/mol. The van der Waals surface area contributed by atoms with Crippen molar-refractivity contribution in [2.24, 2.45) is 0 Å². The first-order chi connectivity index (χ1) is 12.3. The van der Waals surface area contributed by atoms with E-state index in [4.69, 9.17) is 9.16 Å². The van der Waals surface area contributed by atoms with Crippen LogP contribution in [-0.4, -0.2) is 21.5 Å². The van der Waals surface area contributed by atoms with E-state index in [2.05, 4.69) is 70.3 Å². The van der Waals surface area contributed by atoms with Gasteiger partial charge in [-0.25, -0.2) is 0 Å². The minimum Gasteiger partial charge on any atom is -0.417 e. The fourth-order valence-corrected chi connectivity index (χ4v) is 3.26. The van der Waals surface area contributed by atoms with Crippen LogP contribution >= 0.6 is 0 Å². The summed E-state index contributed by atoms with van der Waals surface area (Å²) in [4.78, 5) is 0. The third kappa shape index (κ3) is 10.1. The SMILES string of the molecule is CC(C)(C)[Si](C)(C)OCCCC/C=C/C=C/CCOCc1ccccc1. The highest BCUT2D eigenvalue weighted by Gasteiger charge is 2.36. The zero-order chi connectivity index (χ0) is 19.3. The van der Waals surface area contributed by atoms with E-state index < -0.39 is 8.32 Å². The summed E-state index contributed by atoms with van der Waals surface area (Å²) in [5.74, 6) is 0. The number of unbranched alkanes of at least 4 members (excludes halogenated alkanes) is 2. The van der Waals surface area contributed by atoms with Crippen molar-refractivity contribution in [1.29, 1.82) is 0 Å². The number of ether oxygens (including phenoxy) is 1. The Morgan fingerprint density at radius 3 is 2.19 bits per heavy atom. The normalized spacial score (nSPS) is 13.1. The summed E-state index contributed by atoms with van der Waals surface area (Å²) in [5.41, 5.74) is 1.23. The van der Waals surface area contributed by atoms with Gasteiger partial charge in [0.1, 0.15) is 0 Å². The van der Waals surface area contributed by atoms with Crippen LogP contribution in [0, 0.1) is 0 Å². The van der Waals surface area contributed by atoms with Gasteiger partial charge in [-0.3, -0.25) is 0 Å². The van der Waals surface area contributed by atoms with Gasteiger partial charge >= 0.3 is 0 Å². The molecule has 0 saturated carbocycles. The molecule has 1 aromatic rings. The van der Waals surface area contributed by atoms with Crippen LogP contribution in [0.25, 0.3) is 0 Å². The maximum Gasteiger partial charge on any atom is 0.191 e. The van der Waals surface area contributed by atoms with Gasteiger partial charge < -0.3 is 9.16 Å². The molecule has 0 heterocycles. The second-order valence-corrected chi connectivity index (χ2v) is 13.1. The van der Waals surface area contributed by atoms with Gasteiger partial charge in [0, 0.05) is 6.61 Å². The van der Waals surface area contributed by atoms with E-state index in [0.717, 1.165) is 32.5 Å². The smallest absolute Gasteiger partial charge is 0.191 e. The van der Waals surface area contributed by atoms with Crippen molar-refractivity contribution < 1.29 is 9.16 Å². The maximum atomic E-state index is 6.20. The Labute approximate surface area is 162 Å². The first kappa shape index (κ1) is 22.9. The van der Waals surface area contributed by atoms with Crippen molar-refractivity contribution in [2.75, 3.05) is 13.2 Å². The summed E-state index contributed by atoms with van der Waals surface area (Å²) in [7, 11) is -1.57. The number of hydrogen-bond acceptors (Lipinski definition) is 2. The molecule has 0 aromatic heterocycles. The lowest BCUT2D eigenvalue weighted by molar-refractivity contribution is 0.125. The van der Waals surface area contributed by atoms with E-state index in [1.165, 1.54) is 12.0 Å². The molecule has 0 fully saturated rings. The third-order valence-electron chi connectivity index (χ3n) is 4.96. The Kier molecular flexibility index (Phi) is 10.8. The highest BCUT2D eigenvalue weighted by molar-refractivity contribution is 6.74. The van der Waals surface area contributed by atoms with Crippen molar-refractivity contribution in [3.8, 4) is 0 Å². The van der Waals surface area contributed by atoms with Gasteiger partial charge in [-0.1, -0.05) is 75.4 Å². The van der Waals surface area contributed by atoms with Crippen LogP contribution in [0.3, 0.4) is 0 Å². The Morgan fingerprint density at radius 2 is 1.54 bits per heavy atom. The van der Waals surface area contributed by atoms with E-state index in [-0.39, 0.29) is 0 Å². The predicted molar refractivity (Wildman–Crippen MR) is 116 cm³/mol. The van der Waals surface area contributed by atoms with Crippen molar-refractivity contribution in [3.05, 3.63) is 60.2 Å². The molecule has 0 spiro atoms. The zero-order valence-corrected chi connectivity index (χ0v) is 18.5. The minimum absolute atomic E-state index is 0.308. The molecule has 0 aliphatic carbocycles. The quantitative estimate of drug-likeness (QED) is 0.225. The van der Waals surface area contributed by atoms with Crippen LogP contribution in [-0.2, 0) is 15.8 Å². The second kappa shape index (κ2) is 12.3. The molecule has 0 aliphatic rings. The van der Waals surface area contributed by atoms with Crippen molar-refractivity contribution in [2.45, 2.75) is 71.2 Å². The molecule has 0 unspecified atom stereocenters. The Morgan fingerprint density at radius 1 is 0.885 bits per heavy atom. The topological polar surface area (TPSA) is 18.5 Å². The second-order valence-electron chi connectivity index (χ2n) is 8.29. The number of rotatable bonds is 12. The summed E-state index contributed by atoms with van der Waals surface area (Å²) in [6.07, 6.45) is 13.1. The molecule has 0 N–H and O–H groups in total. The van der Waals surface area contributed by atoms with Crippen molar-refractivity contribution in [1.82, 2.24) is 0 Å². The summed E-state index contributed by atoms with van der Waals surface area (Å²) >= 11 is 0. The number of allylic oxidation sites excluding steroid dienone is 3. The van der Waals surface area contributed by atoms with Gasteiger partial charge in [-0.2, -0.15) is 0 Å². The third-order valence-corrected chi connectivity index (χ3v) is 9.50. The molecule has 146 valence electrons. The molecular formula is C23H38O2Si. The van der Waals surface area contributed by atoms with Crippen LogP contribution < -0.4 is 0 Å². The largest absolute Gasteiger partial charge is 0.417 e. The Bertz CT molecular complexity index is 527.